The highest BCUT2D eigenvalue weighted by Crippen LogP contribution is 2.48. The predicted octanol–water partition coefficient (Wildman–Crippen LogP) is 5.69. The number of piperidine rings is 1. The molecule has 164 valence electrons. The lowest BCUT2D eigenvalue weighted by atomic mass is 9.85. The maximum absolute atomic E-state index is 11.3. The molecule has 0 radical (unpaired) electrons. The normalized spacial score (nSPS) is 26.2. The molecular formula is C27H34N2O2. The Balaban J connectivity index is 1.30. The molecule has 1 N–H and O–H groups in total. The Morgan fingerprint density at radius 2 is 1.71 bits per heavy atom. The molecule has 1 saturated heterocycles. The lowest BCUT2D eigenvalue weighted by Gasteiger charge is -2.40. The third-order valence-corrected chi connectivity index (χ3v) is 7.91. The summed E-state index contributed by atoms with van der Waals surface area (Å²) >= 11 is 0. The Morgan fingerprint density at radius 1 is 0.968 bits per heavy atom. The number of nitrogens with one attached hydrogen (secondary N) is 1. The number of ether oxygens (including phenoxy) is 1. The van der Waals surface area contributed by atoms with Crippen LogP contribution in [0.15, 0.2) is 42.5 Å². The minimum absolute atomic E-state index is 0.0451. The van der Waals surface area contributed by atoms with Gasteiger partial charge in [0.2, 0.25) is 5.91 Å². The largest absolute Gasteiger partial charge is 0.496 e. The van der Waals surface area contributed by atoms with E-state index in [1.165, 1.54) is 69.7 Å². The molecule has 0 spiro atoms. The van der Waals surface area contributed by atoms with E-state index >= 15 is 0 Å². The summed E-state index contributed by atoms with van der Waals surface area (Å²) in [4.78, 5) is 14.1. The number of nitrogens with zero attached hydrogens (tertiary/aromatic N) is 1. The first-order valence-electron chi connectivity index (χ1n) is 11.9. The van der Waals surface area contributed by atoms with E-state index in [0.29, 0.717) is 5.92 Å². The van der Waals surface area contributed by atoms with E-state index in [4.69, 9.17) is 4.74 Å². The van der Waals surface area contributed by atoms with Crippen LogP contribution in [0, 0.1) is 11.8 Å². The van der Waals surface area contributed by atoms with Crippen molar-refractivity contribution in [1.82, 2.24) is 4.90 Å². The second kappa shape index (κ2) is 8.66. The highest BCUT2D eigenvalue weighted by atomic mass is 16.5. The van der Waals surface area contributed by atoms with Gasteiger partial charge in [0, 0.05) is 18.7 Å². The molecule has 4 nitrogen and oxygen atoms in total. The van der Waals surface area contributed by atoms with Crippen molar-refractivity contribution in [3.63, 3.8) is 0 Å². The van der Waals surface area contributed by atoms with Gasteiger partial charge in [-0.15, -0.1) is 0 Å². The number of likely N-dealkylation sites (tertiary alicyclic amines) is 1. The standard InChI is InChI=1S/C27H34N2O2/c1-18(30)28-24-8-5-20(6-9-24)22-7-10-27(31-2)25(17-22)21-11-13-29(14-12-21)26-16-19-3-4-23(26)15-19/h5-10,17,19,21,23,26H,3-4,11-16H2,1-2H3,(H,28,30)/t19-,23-,26-/m0/s1. The molecule has 0 aromatic heterocycles. The Kier molecular flexibility index (Phi) is 5.75. The van der Waals surface area contributed by atoms with Crippen molar-refractivity contribution in [3.05, 3.63) is 48.0 Å². The lowest BCUT2D eigenvalue weighted by molar-refractivity contribution is -0.114. The SMILES string of the molecule is COc1ccc(-c2ccc(NC(C)=O)cc2)cc1C1CCN([C@H]2C[C@H]3CC[C@H]2C3)CC1. The molecular weight excluding hydrogens is 384 g/mol. The topological polar surface area (TPSA) is 41.6 Å². The summed E-state index contributed by atoms with van der Waals surface area (Å²) in [6, 6.07) is 15.5. The number of carbonyl (C=O) groups excluding carboxylic acids is 1. The van der Waals surface area contributed by atoms with E-state index in [1.54, 1.807) is 7.11 Å². The second-order valence-electron chi connectivity index (χ2n) is 9.77. The zero-order chi connectivity index (χ0) is 21.4. The van der Waals surface area contributed by atoms with E-state index in [2.05, 4.69) is 40.5 Å². The van der Waals surface area contributed by atoms with Gasteiger partial charge in [-0.05, 0) is 104 Å². The van der Waals surface area contributed by atoms with Crippen LogP contribution in [0.4, 0.5) is 5.69 Å². The van der Waals surface area contributed by atoms with Crippen molar-refractivity contribution in [1.29, 1.82) is 0 Å². The number of fused-ring (bicyclic) bond motifs is 2. The van der Waals surface area contributed by atoms with Crippen LogP contribution in [0.2, 0.25) is 0 Å². The van der Waals surface area contributed by atoms with Crippen LogP contribution < -0.4 is 10.1 Å². The number of benzene rings is 2. The third-order valence-electron chi connectivity index (χ3n) is 7.91. The zero-order valence-corrected chi connectivity index (χ0v) is 18.8. The highest BCUT2D eigenvalue weighted by molar-refractivity contribution is 5.89. The Labute approximate surface area is 186 Å². The summed E-state index contributed by atoms with van der Waals surface area (Å²) in [6.45, 7) is 3.97. The van der Waals surface area contributed by atoms with Gasteiger partial charge in [0.25, 0.3) is 0 Å². The minimum Gasteiger partial charge on any atom is -0.496 e. The van der Waals surface area contributed by atoms with Crippen molar-refractivity contribution < 1.29 is 9.53 Å². The molecule has 2 bridgehead atoms. The van der Waals surface area contributed by atoms with Gasteiger partial charge in [-0.2, -0.15) is 0 Å². The molecule has 2 aromatic rings. The predicted molar refractivity (Wildman–Crippen MR) is 126 cm³/mol. The first kappa shape index (κ1) is 20.6. The molecule has 3 atom stereocenters. The Bertz CT molecular complexity index is 931. The van der Waals surface area contributed by atoms with Crippen molar-refractivity contribution in [2.75, 3.05) is 25.5 Å². The minimum atomic E-state index is -0.0451. The molecule has 0 unspecified atom stereocenters. The Morgan fingerprint density at radius 3 is 2.32 bits per heavy atom. The molecule has 4 heteroatoms. The first-order chi connectivity index (χ1) is 15.1. The van der Waals surface area contributed by atoms with Gasteiger partial charge in [-0.1, -0.05) is 24.6 Å². The average Bonchev–Trinajstić information content (AvgIpc) is 3.43. The monoisotopic (exact) mass is 418 g/mol. The molecule has 3 fully saturated rings. The number of methoxy groups -OCH3 is 1. The summed E-state index contributed by atoms with van der Waals surface area (Å²) in [5, 5.41) is 2.84. The van der Waals surface area contributed by atoms with Gasteiger partial charge in [0.15, 0.2) is 0 Å². The smallest absolute Gasteiger partial charge is 0.221 e. The fourth-order valence-corrected chi connectivity index (χ4v) is 6.38. The van der Waals surface area contributed by atoms with Crippen LogP contribution in [0.25, 0.3) is 11.1 Å². The van der Waals surface area contributed by atoms with Gasteiger partial charge < -0.3 is 15.0 Å². The quantitative estimate of drug-likeness (QED) is 0.678. The molecule has 1 amide bonds. The van der Waals surface area contributed by atoms with Crippen LogP contribution in [-0.2, 0) is 4.79 Å². The van der Waals surface area contributed by atoms with E-state index in [1.807, 2.05) is 12.1 Å². The molecule has 1 aliphatic heterocycles. The zero-order valence-electron chi connectivity index (χ0n) is 18.8. The summed E-state index contributed by atoms with van der Waals surface area (Å²) in [6.07, 6.45) is 8.31. The highest BCUT2D eigenvalue weighted by Gasteiger charge is 2.43. The lowest BCUT2D eigenvalue weighted by Crippen LogP contribution is -2.43. The van der Waals surface area contributed by atoms with E-state index in [0.717, 1.165) is 34.9 Å². The Hall–Kier alpha value is -2.33. The van der Waals surface area contributed by atoms with Crippen LogP contribution in [0.5, 0.6) is 5.75 Å². The van der Waals surface area contributed by atoms with Crippen LogP contribution in [0.3, 0.4) is 0 Å². The van der Waals surface area contributed by atoms with Gasteiger partial charge in [0.1, 0.15) is 5.75 Å². The molecule has 2 saturated carbocycles. The number of carbonyl (C=O) groups is 1. The first-order valence-corrected chi connectivity index (χ1v) is 11.9. The van der Waals surface area contributed by atoms with Crippen molar-refractivity contribution in [3.8, 4) is 16.9 Å². The number of anilines is 1. The number of amides is 1. The fourth-order valence-electron chi connectivity index (χ4n) is 6.38. The van der Waals surface area contributed by atoms with Crippen molar-refractivity contribution in [2.24, 2.45) is 11.8 Å². The molecule has 5 rings (SSSR count). The summed E-state index contributed by atoms with van der Waals surface area (Å²) < 4.78 is 5.76. The summed E-state index contributed by atoms with van der Waals surface area (Å²) in [7, 11) is 1.78. The molecule has 1 heterocycles. The molecule has 3 aliphatic rings. The van der Waals surface area contributed by atoms with E-state index < -0.39 is 0 Å². The molecule has 31 heavy (non-hydrogen) atoms. The maximum Gasteiger partial charge on any atom is 0.221 e. The average molecular weight is 419 g/mol. The van der Waals surface area contributed by atoms with E-state index in [-0.39, 0.29) is 5.91 Å². The van der Waals surface area contributed by atoms with Crippen LogP contribution >= 0.6 is 0 Å². The summed E-state index contributed by atoms with van der Waals surface area (Å²) in [5.74, 6) is 3.51. The van der Waals surface area contributed by atoms with Gasteiger partial charge in [-0.3, -0.25) is 4.79 Å². The second-order valence-corrected chi connectivity index (χ2v) is 9.77. The van der Waals surface area contributed by atoms with Crippen LogP contribution in [-0.4, -0.2) is 37.0 Å². The maximum atomic E-state index is 11.3. The fraction of sp³-hybridized carbons (Fsp3) is 0.519. The van der Waals surface area contributed by atoms with Crippen LogP contribution in [0.1, 0.15) is 56.9 Å². The van der Waals surface area contributed by atoms with Gasteiger partial charge in [-0.25, -0.2) is 0 Å². The number of hydrogen-bond acceptors (Lipinski definition) is 3. The van der Waals surface area contributed by atoms with Gasteiger partial charge in [0.05, 0.1) is 7.11 Å². The van der Waals surface area contributed by atoms with E-state index in [9.17, 15) is 4.79 Å². The molecule has 2 aliphatic carbocycles. The summed E-state index contributed by atoms with van der Waals surface area (Å²) in [5.41, 5.74) is 4.55. The molecule has 2 aromatic carbocycles. The van der Waals surface area contributed by atoms with Gasteiger partial charge >= 0.3 is 0 Å². The third kappa shape index (κ3) is 4.23. The number of rotatable bonds is 5. The van der Waals surface area contributed by atoms with Crippen molar-refractivity contribution >= 4 is 11.6 Å². The van der Waals surface area contributed by atoms with Crippen molar-refractivity contribution in [2.45, 2.75) is 57.4 Å². The number of hydrogen-bond donors (Lipinski definition) is 1.